The number of carbonyl (C=O) groups excluding carboxylic acids is 2. The summed E-state index contributed by atoms with van der Waals surface area (Å²) in [6.07, 6.45) is 3.94. The molecule has 0 spiro atoms. The number of hydrogen-bond donors (Lipinski definition) is 2. The molecule has 8 nitrogen and oxygen atoms in total. The Morgan fingerprint density at radius 1 is 1.16 bits per heavy atom. The Hall–Kier alpha value is -3.26. The lowest BCUT2D eigenvalue weighted by Gasteiger charge is -2.34. The van der Waals surface area contributed by atoms with Crippen molar-refractivity contribution in [3.63, 3.8) is 0 Å². The number of nitrogens with one attached hydrogen (secondary N) is 1. The largest absolute Gasteiger partial charge is 0.496 e. The summed E-state index contributed by atoms with van der Waals surface area (Å²) in [5.74, 6) is 1.56. The average molecular weight is 526 g/mol. The van der Waals surface area contributed by atoms with E-state index in [0.29, 0.717) is 43.5 Å². The van der Waals surface area contributed by atoms with E-state index in [-0.39, 0.29) is 12.0 Å². The fourth-order valence-electron chi connectivity index (χ4n) is 4.53. The lowest BCUT2D eigenvalue weighted by molar-refractivity contribution is -0.122. The highest BCUT2D eigenvalue weighted by atomic mass is 16.6. The standard InChI is InChI=1S/C30H43N3O5/c1-30(2,3)38-29(35)33-17-8-11-23(21-33)16-18-37-25-13-15-27(36-4)24(19-25)20-32-28(34)26(31)14-12-22-9-6-5-7-10-22/h5-7,9-10,13,15,19,23,26H,8,11-12,14,16-18,20-21,31H2,1-4H3,(H,32,34)/t23?,26-/m0/s1. The Bertz CT molecular complexity index is 1040. The van der Waals surface area contributed by atoms with E-state index in [2.05, 4.69) is 5.32 Å². The highest BCUT2D eigenvalue weighted by Gasteiger charge is 2.27. The zero-order valence-corrected chi connectivity index (χ0v) is 23.2. The summed E-state index contributed by atoms with van der Waals surface area (Å²) in [4.78, 5) is 26.8. The maximum absolute atomic E-state index is 12.6. The number of rotatable bonds is 11. The summed E-state index contributed by atoms with van der Waals surface area (Å²) in [5, 5.41) is 2.93. The lowest BCUT2D eigenvalue weighted by Crippen LogP contribution is -2.43. The highest BCUT2D eigenvalue weighted by molar-refractivity contribution is 5.81. The zero-order chi connectivity index (χ0) is 27.5. The molecule has 2 aromatic carbocycles. The Morgan fingerprint density at radius 3 is 2.63 bits per heavy atom. The van der Waals surface area contributed by atoms with Gasteiger partial charge in [0, 0.05) is 25.2 Å². The minimum Gasteiger partial charge on any atom is -0.496 e. The Labute approximate surface area is 226 Å². The smallest absolute Gasteiger partial charge is 0.410 e. The van der Waals surface area contributed by atoms with Crippen molar-refractivity contribution >= 4 is 12.0 Å². The quantitative estimate of drug-likeness (QED) is 0.441. The highest BCUT2D eigenvalue weighted by Crippen LogP contribution is 2.26. The molecule has 3 rings (SSSR count). The van der Waals surface area contributed by atoms with Gasteiger partial charge in [0.2, 0.25) is 5.91 Å². The molecule has 2 amide bonds. The summed E-state index contributed by atoms with van der Waals surface area (Å²) in [6.45, 7) is 7.90. The zero-order valence-electron chi connectivity index (χ0n) is 23.2. The number of benzene rings is 2. The molecule has 208 valence electrons. The van der Waals surface area contributed by atoms with Crippen molar-refractivity contribution in [1.82, 2.24) is 10.2 Å². The van der Waals surface area contributed by atoms with Crippen LogP contribution in [0.3, 0.4) is 0 Å². The monoisotopic (exact) mass is 525 g/mol. The third kappa shape index (κ3) is 9.56. The van der Waals surface area contributed by atoms with Crippen molar-refractivity contribution in [2.24, 2.45) is 11.7 Å². The van der Waals surface area contributed by atoms with Crippen LogP contribution in [0.15, 0.2) is 48.5 Å². The summed E-state index contributed by atoms with van der Waals surface area (Å²) in [5.41, 5.74) is 7.61. The van der Waals surface area contributed by atoms with Crippen LogP contribution >= 0.6 is 0 Å². The SMILES string of the molecule is COc1ccc(OCCC2CCCN(C(=O)OC(C)(C)C)C2)cc1CNC(=O)[C@@H](N)CCc1ccccc1. The van der Waals surface area contributed by atoms with Crippen LogP contribution in [0.25, 0.3) is 0 Å². The number of piperidine rings is 1. The van der Waals surface area contributed by atoms with Crippen LogP contribution < -0.4 is 20.5 Å². The van der Waals surface area contributed by atoms with E-state index in [1.165, 1.54) is 0 Å². The van der Waals surface area contributed by atoms with Gasteiger partial charge in [-0.1, -0.05) is 30.3 Å². The van der Waals surface area contributed by atoms with E-state index >= 15 is 0 Å². The van der Waals surface area contributed by atoms with Gasteiger partial charge < -0.3 is 30.2 Å². The molecule has 2 atom stereocenters. The molecule has 0 aromatic heterocycles. The van der Waals surface area contributed by atoms with Crippen molar-refractivity contribution in [3.8, 4) is 11.5 Å². The number of likely N-dealkylation sites (tertiary alicyclic amines) is 1. The molecule has 0 radical (unpaired) electrons. The van der Waals surface area contributed by atoms with Gasteiger partial charge in [0.15, 0.2) is 0 Å². The third-order valence-electron chi connectivity index (χ3n) is 6.59. The minimum absolute atomic E-state index is 0.193. The molecular formula is C30H43N3O5. The minimum atomic E-state index is -0.587. The Kier molecular flexibility index (Phi) is 10.8. The molecule has 1 aliphatic rings. The molecule has 3 N–H and O–H groups in total. The number of hydrogen-bond acceptors (Lipinski definition) is 6. The Balaban J connectivity index is 1.46. The summed E-state index contributed by atoms with van der Waals surface area (Å²) in [6, 6.07) is 15.0. The first-order chi connectivity index (χ1) is 18.1. The van der Waals surface area contributed by atoms with E-state index in [1.54, 1.807) is 12.0 Å². The predicted molar refractivity (Wildman–Crippen MR) is 148 cm³/mol. The number of carbonyl (C=O) groups is 2. The van der Waals surface area contributed by atoms with Gasteiger partial charge >= 0.3 is 6.09 Å². The number of nitrogens with zero attached hydrogens (tertiary/aromatic N) is 1. The second-order valence-electron chi connectivity index (χ2n) is 10.9. The number of ether oxygens (including phenoxy) is 3. The van der Waals surface area contributed by atoms with Crippen LogP contribution in [0, 0.1) is 5.92 Å². The first-order valence-electron chi connectivity index (χ1n) is 13.5. The molecule has 1 saturated heterocycles. The number of methoxy groups -OCH3 is 1. The maximum Gasteiger partial charge on any atom is 0.410 e. The van der Waals surface area contributed by atoms with Gasteiger partial charge in [0.05, 0.1) is 19.8 Å². The van der Waals surface area contributed by atoms with E-state index in [0.717, 1.165) is 43.4 Å². The number of nitrogens with two attached hydrogens (primary N) is 1. The molecule has 38 heavy (non-hydrogen) atoms. The number of aryl methyl sites for hydroxylation is 1. The van der Waals surface area contributed by atoms with Gasteiger partial charge in [-0.2, -0.15) is 0 Å². The topological polar surface area (TPSA) is 103 Å². The molecule has 8 heteroatoms. The van der Waals surface area contributed by atoms with Crippen LogP contribution in [0.5, 0.6) is 11.5 Å². The second-order valence-corrected chi connectivity index (χ2v) is 10.9. The fraction of sp³-hybridized carbons (Fsp3) is 0.533. The fourth-order valence-corrected chi connectivity index (χ4v) is 4.53. The number of amides is 2. The van der Waals surface area contributed by atoms with Crippen molar-refractivity contribution in [3.05, 3.63) is 59.7 Å². The van der Waals surface area contributed by atoms with Gasteiger partial charge in [-0.25, -0.2) is 4.79 Å². The lowest BCUT2D eigenvalue weighted by atomic mass is 9.95. The van der Waals surface area contributed by atoms with Gasteiger partial charge in [0.25, 0.3) is 0 Å². The van der Waals surface area contributed by atoms with E-state index in [4.69, 9.17) is 19.9 Å². The molecule has 1 aliphatic heterocycles. The van der Waals surface area contributed by atoms with Crippen LogP contribution in [0.4, 0.5) is 4.79 Å². The summed E-state index contributed by atoms with van der Waals surface area (Å²) in [7, 11) is 1.60. The molecule has 0 aliphatic carbocycles. The summed E-state index contributed by atoms with van der Waals surface area (Å²) >= 11 is 0. The predicted octanol–water partition coefficient (Wildman–Crippen LogP) is 4.69. The van der Waals surface area contributed by atoms with Gasteiger partial charge in [0.1, 0.15) is 17.1 Å². The molecule has 0 saturated carbocycles. The molecule has 1 unspecified atom stereocenters. The van der Waals surface area contributed by atoms with Crippen molar-refractivity contribution in [2.75, 3.05) is 26.8 Å². The summed E-state index contributed by atoms with van der Waals surface area (Å²) < 4.78 is 17.0. The normalized spacial score (nSPS) is 16.4. The van der Waals surface area contributed by atoms with Gasteiger partial charge in [-0.15, -0.1) is 0 Å². The first kappa shape index (κ1) is 29.3. The van der Waals surface area contributed by atoms with Crippen molar-refractivity contribution in [2.45, 2.75) is 71.1 Å². The van der Waals surface area contributed by atoms with Gasteiger partial charge in [-0.05, 0) is 82.6 Å². The van der Waals surface area contributed by atoms with Crippen LogP contribution in [0.2, 0.25) is 0 Å². The molecule has 2 aromatic rings. The van der Waals surface area contributed by atoms with Crippen molar-refractivity contribution < 1.29 is 23.8 Å². The molecular weight excluding hydrogens is 482 g/mol. The van der Waals surface area contributed by atoms with Gasteiger partial charge in [-0.3, -0.25) is 4.79 Å². The third-order valence-corrected chi connectivity index (χ3v) is 6.59. The molecule has 1 fully saturated rings. The molecule has 1 heterocycles. The van der Waals surface area contributed by atoms with Crippen LogP contribution in [0.1, 0.15) is 57.6 Å². The van der Waals surface area contributed by atoms with Crippen LogP contribution in [-0.2, 0) is 22.5 Å². The van der Waals surface area contributed by atoms with Crippen molar-refractivity contribution in [1.29, 1.82) is 0 Å². The van der Waals surface area contributed by atoms with Crippen LogP contribution in [-0.4, -0.2) is 55.3 Å². The molecule has 0 bridgehead atoms. The first-order valence-corrected chi connectivity index (χ1v) is 13.5. The second kappa shape index (κ2) is 14.0. The average Bonchev–Trinajstić information content (AvgIpc) is 2.90. The van der Waals surface area contributed by atoms with E-state index in [1.807, 2.05) is 69.3 Å². The maximum atomic E-state index is 12.6. The Morgan fingerprint density at radius 2 is 1.92 bits per heavy atom. The van der Waals surface area contributed by atoms with E-state index < -0.39 is 11.6 Å². The van der Waals surface area contributed by atoms with E-state index in [9.17, 15) is 9.59 Å².